The van der Waals surface area contributed by atoms with Gasteiger partial charge in [-0.15, -0.1) is 0 Å². The van der Waals surface area contributed by atoms with Crippen molar-refractivity contribution in [2.24, 2.45) is 4.99 Å². The van der Waals surface area contributed by atoms with Crippen LogP contribution in [-0.2, 0) is 12.8 Å². The summed E-state index contributed by atoms with van der Waals surface area (Å²) in [4.78, 5) is 4.83. The molecule has 2 aromatic rings. The normalized spacial score (nSPS) is 12.9. The smallest absolute Gasteiger partial charge is 0.0515 e. The lowest BCUT2D eigenvalue weighted by Gasteiger charge is -2.11. The Morgan fingerprint density at radius 3 is 2.33 bits per heavy atom. The molecule has 0 radical (unpaired) electrons. The summed E-state index contributed by atoms with van der Waals surface area (Å²) in [7, 11) is 0. The first-order valence-electron chi connectivity index (χ1n) is 8.84. The van der Waals surface area contributed by atoms with Crippen LogP contribution in [0.4, 0.5) is 0 Å². The molecule has 0 bridgehead atoms. The maximum atomic E-state index is 4.83. The largest absolute Gasteiger partial charge is 0.286 e. The van der Waals surface area contributed by atoms with E-state index in [-0.39, 0.29) is 6.04 Å². The average Bonchev–Trinajstić information content (AvgIpc) is 2.55. The van der Waals surface area contributed by atoms with Crippen molar-refractivity contribution >= 4 is 5.71 Å². The molecule has 0 saturated heterocycles. The van der Waals surface area contributed by atoms with Crippen molar-refractivity contribution < 1.29 is 0 Å². The van der Waals surface area contributed by atoms with Crippen molar-refractivity contribution in [2.45, 2.75) is 53.0 Å². The van der Waals surface area contributed by atoms with E-state index in [4.69, 9.17) is 4.99 Å². The summed E-state index contributed by atoms with van der Waals surface area (Å²) >= 11 is 0. The summed E-state index contributed by atoms with van der Waals surface area (Å²) in [6, 6.07) is 18.0. The van der Waals surface area contributed by atoms with Crippen LogP contribution >= 0.6 is 0 Å². The monoisotopic (exact) mass is 319 g/mol. The van der Waals surface area contributed by atoms with Gasteiger partial charge >= 0.3 is 0 Å². The van der Waals surface area contributed by atoms with Gasteiger partial charge in [0, 0.05) is 5.71 Å². The van der Waals surface area contributed by atoms with Crippen molar-refractivity contribution in [3.05, 3.63) is 82.9 Å². The highest BCUT2D eigenvalue weighted by atomic mass is 14.8. The third-order valence-electron chi connectivity index (χ3n) is 4.26. The lowest BCUT2D eigenvalue weighted by molar-refractivity contribution is 0.737. The molecule has 0 aliphatic rings. The Kier molecular flexibility index (Phi) is 6.54. The van der Waals surface area contributed by atoms with Crippen molar-refractivity contribution in [3.63, 3.8) is 0 Å². The maximum Gasteiger partial charge on any atom is 0.0515 e. The number of nitrogens with zero attached hydrogens (tertiary/aromatic N) is 1. The summed E-state index contributed by atoms with van der Waals surface area (Å²) in [5.41, 5.74) is 7.61. The van der Waals surface area contributed by atoms with Crippen LogP contribution in [0.2, 0.25) is 0 Å². The van der Waals surface area contributed by atoms with Crippen LogP contribution in [0, 0.1) is 6.92 Å². The van der Waals surface area contributed by atoms with Crippen molar-refractivity contribution in [1.29, 1.82) is 0 Å². The topological polar surface area (TPSA) is 12.4 Å². The zero-order valence-electron chi connectivity index (χ0n) is 15.5. The second-order valence-electron chi connectivity index (χ2n) is 6.75. The third-order valence-corrected chi connectivity index (χ3v) is 4.26. The molecule has 2 aromatic carbocycles. The van der Waals surface area contributed by atoms with Gasteiger partial charge in [-0.25, -0.2) is 0 Å². The van der Waals surface area contributed by atoms with Gasteiger partial charge in [-0.3, -0.25) is 4.99 Å². The van der Waals surface area contributed by atoms with E-state index in [0.717, 1.165) is 30.5 Å². The van der Waals surface area contributed by atoms with Crippen molar-refractivity contribution in [1.82, 2.24) is 0 Å². The van der Waals surface area contributed by atoms with Crippen LogP contribution in [0.15, 0.2) is 65.7 Å². The van der Waals surface area contributed by atoms with E-state index in [1.807, 2.05) is 6.92 Å². The predicted molar refractivity (Wildman–Crippen MR) is 106 cm³/mol. The van der Waals surface area contributed by atoms with Crippen LogP contribution in [-0.4, -0.2) is 11.8 Å². The average molecular weight is 319 g/mol. The molecule has 24 heavy (non-hydrogen) atoms. The van der Waals surface area contributed by atoms with E-state index in [0.29, 0.717) is 0 Å². The highest BCUT2D eigenvalue weighted by Gasteiger charge is 2.06. The predicted octanol–water partition coefficient (Wildman–Crippen LogP) is 5.94. The lowest BCUT2D eigenvalue weighted by Crippen LogP contribution is -2.09. The molecule has 0 aliphatic carbocycles. The standard InChI is InChI=1S/C23H29N/c1-6-23(17(2)3)24-19(5)14-21-8-7-9-22(16-21)15-20-12-10-18(4)11-13-20/h7-13,16,19H,2,6,14-15H2,1,3-5H3. The van der Waals surface area contributed by atoms with Gasteiger partial charge in [0.05, 0.1) is 6.04 Å². The Morgan fingerprint density at radius 1 is 1.04 bits per heavy atom. The minimum absolute atomic E-state index is 0.284. The fourth-order valence-corrected chi connectivity index (χ4v) is 2.96. The molecule has 1 heteroatoms. The molecule has 1 nitrogen and oxygen atoms in total. The molecule has 1 unspecified atom stereocenters. The summed E-state index contributed by atoms with van der Waals surface area (Å²) in [6.45, 7) is 12.5. The van der Waals surface area contributed by atoms with Gasteiger partial charge < -0.3 is 0 Å². The Labute approximate surface area is 147 Å². The van der Waals surface area contributed by atoms with E-state index in [1.54, 1.807) is 0 Å². The van der Waals surface area contributed by atoms with Gasteiger partial charge in [0.1, 0.15) is 0 Å². The Hall–Kier alpha value is -2.15. The van der Waals surface area contributed by atoms with E-state index < -0.39 is 0 Å². The van der Waals surface area contributed by atoms with Crippen LogP contribution in [0.5, 0.6) is 0 Å². The summed E-state index contributed by atoms with van der Waals surface area (Å²) in [6.07, 6.45) is 2.91. The molecular formula is C23H29N. The number of allylic oxidation sites excluding steroid dienone is 1. The summed E-state index contributed by atoms with van der Waals surface area (Å²) in [5.74, 6) is 0. The van der Waals surface area contributed by atoms with Gasteiger partial charge in [0.2, 0.25) is 0 Å². The Bertz CT molecular complexity index is 707. The molecule has 126 valence electrons. The first-order chi connectivity index (χ1) is 11.5. The quantitative estimate of drug-likeness (QED) is 0.560. The fraction of sp³-hybridized carbons (Fsp3) is 0.348. The summed E-state index contributed by atoms with van der Waals surface area (Å²) < 4.78 is 0. The molecule has 2 rings (SSSR count). The first-order valence-corrected chi connectivity index (χ1v) is 8.84. The molecule has 0 N–H and O–H groups in total. The maximum absolute atomic E-state index is 4.83. The van der Waals surface area contributed by atoms with Gasteiger partial charge in [-0.1, -0.05) is 67.6 Å². The molecule has 0 spiro atoms. The van der Waals surface area contributed by atoms with Gasteiger partial charge in [0.15, 0.2) is 0 Å². The molecule has 0 amide bonds. The third kappa shape index (κ3) is 5.49. The fourth-order valence-electron chi connectivity index (χ4n) is 2.96. The molecule has 0 aromatic heterocycles. The van der Waals surface area contributed by atoms with E-state index >= 15 is 0 Å². The van der Waals surface area contributed by atoms with E-state index in [9.17, 15) is 0 Å². The second kappa shape index (κ2) is 8.63. The van der Waals surface area contributed by atoms with Gasteiger partial charge in [-0.2, -0.15) is 0 Å². The van der Waals surface area contributed by atoms with Crippen LogP contribution in [0.1, 0.15) is 49.4 Å². The number of aryl methyl sites for hydroxylation is 1. The number of hydrogen-bond acceptors (Lipinski definition) is 1. The Balaban J connectivity index is 2.07. The SMILES string of the molecule is C=C(C)C(CC)=NC(C)Cc1cccc(Cc2ccc(C)cc2)c1. The van der Waals surface area contributed by atoms with Crippen LogP contribution in [0.25, 0.3) is 0 Å². The summed E-state index contributed by atoms with van der Waals surface area (Å²) in [5, 5.41) is 0. The van der Waals surface area contributed by atoms with Crippen molar-refractivity contribution in [3.8, 4) is 0 Å². The lowest BCUT2D eigenvalue weighted by atomic mass is 9.99. The second-order valence-corrected chi connectivity index (χ2v) is 6.75. The molecule has 0 saturated carbocycles. The number of benzene rings is 2. The zero-order valence-corrected chi connectivity index (χ0v) is 15.5. The molecule has 0 fully saturated rings. The molecular weight excluding hydrogens is 290 g/mol. The first kappa shape index (κ1) is 18.2. The van der Waals surface area contributed by atoms with Crippen LogP contribution in [0.3, 0.4) is 0 Å². The van der Waals surface area contributed by atoms with Crippen LogP contribution < -0.4 is 0 Å². The minimum atomic E-state index is 0.284. The van der Waals surface area contributed by atoms with Gasteiger partial charge in [0.25, 0.3) is 0 Å². The number of aliphatic imine (C=N–C) groups is 1. The van der Waals surface area contributed by atoms with Crippen molar-refractivity contribution in [2.75, 3.05) is 0 Å². The number of rotatable bonds is 7. The molecule has 0 heterocycles. The zero-order chi connectivity index (χ0) is 17.5. The highest BCUT2D eigenvalue weighted by Crippen LogP contribution is 2.15. The molecule has 1 atom stereocenters. The van der Waals surface area contributed by atoms with Gasteiger partial charge in [-0.05, 0) is 62.3 Å². The van der Waals surface area contributed by atoms with E-state index in [2.05, 4.69) is 75.9 Å². The Morgan fingerprint density at radius 2 is 1.71 bits per heavy atom. The highest BCUT2D eigenvalue weighted by molar-refractivity contribution is 5.98. The number of hydrogen-bond donors (Lipinski definition) is 0. The molecule has 0 aliphatic heterocycles. The van der Waals surface area contributed by atoms with E-state index in [1.165, 1.54) is 22.3 Å². The minimum Gasteiger partial charge on any atom is -0.286 e.